The third-order valence-electron chi connectivity index (χ3n) is 6.57. The van der Waals surface area contributed by atoms with Gasteiger partial charge in [0, 0.05) is 10.8 Å². The molecule has 0 saturated heterocycles. The number of halogens is 10. The second-order valence-corrected chi connectivity index (χ2v) is 12.8. The van der Waals surface area contributed by atoms with E-state index < -0.39 is 56.9 Å². The Morgan fingerprint density at radius 2 is 0.676 bits per heavy atom. The number of fused-ring (bicyclic) bond motifs is 3. The molecular formula is C24H12F6I4. The normalized spacial score (nSPS) is 23.2. The largest absolute Gasteiger partial charge is 0.204 e. The molecule has 3 saturated carbocycles. The molecule has 178 valence electrons. The highest BCUT2D eigenvalue weighted by atomic mass is 127. The summed E-state index contributed by atoms with van der Waals surface area (Å²) in [5, 5.41) is 0. The number of rotatable bonds is 0. The zero-order valence-corrected chi connectivity index (χ0v) is 25.7. The smallest absolute Gasteiger partial charge is 0.158 e. The van der Waals surface area contributed by atoms with E-state index in [1.807, 2.05) is 0 Å². The molecule has 0 amide bonds. The molecule has 2 aromatic rings. The fraction of sp³-hybridized carbons (Fsp3) is 0.333. The van der Waals surface area contributed by atoms with Crippen molar-refractivity contribution < 1.29 is 26.3 Å². The fourth-order valence-electron chi connectivity index (χ4n) is 4.38. The summed E-state index contributed by atoms with van der Waals surface area (Å²) in [5.41, 5.74) is -1.74. The van der Waals surface area contributed by atoms with Gasteiger partial charge in [0.25, 0.3) is 0 Å². The van der Waals surface area contributed by atoms with Crippen molar-refractivity contribution in [3.8, 4) is 23.7 Å². The van der Waals surface area contributed by atoms with Crippen molar-refractivity contribution in [3.05, 3.63) is 60.3 Å². The molecule has 0 aromatic heterocycles. The molecule has 0 unspecified atom stereocenters. The van der Waals surface area contributed by atoms with Gasteiger partial charge in [0.05, 0.1) is 25.4 Å². The third-order valence-corrected chi connectivity index (χ3v) is 10.4. The molecule has 0 atom stereocenters. The Labute approximate surface area is 247 Å². The Balaban J connectivity index is 1.60. The monoisotopic (exact) mass is 922 g/mol. The maximum Gasteiger partial charge on any atom is 0.158 e. The average molecular weight is 922 g/mol. The van der Waals surface area contributed by atoms with Crippen LogP contribution in [0.2, 0.25) is 0 Å². The molecule has 0 N–H and O–H groups in total. The third kappa shape index (κ3) is 4.71. The Kier molecular flexibility index (Phi) is 8.04. The van der Waals surface area contributed by atoms with Gasteiger partial charge in [-0.05, 0) is 129 Å². The number of hydrogen-bond donors (Lipinski definition) is 0. The van der Waals surface area contributed by atoms with Crippen LogP contribution in [-0.4, -0.2) is 0 Å². The van der Waals surface area contributed by atoms with Crippen LogP contribution in [0.25, 0.3) is 0 Å². The zero-order chi connectivity index (χ0) is 25.0. The van der Waals surface area contributed by atoms with Crippen LogP contribution in [0.1, 0.15) is 49.7 Å². The van der Waals surface area contributed by atoms with Gasteiger partial charge >= 0.3 is 0 Å². The van der Waals surface area contributed by atoms with E-state index in [4.69, 9.17) is 0 Å². The van der Waals surface area contributed by atoms with E-state index in [9.17, 15) is 26.3 Å². The molecule has 2 aromatic carbocycles. The Morgan fingerprint density at radius 3 is 0.912 bits per heavy atom. The molecule has 10 heteroatoms. The predicted octanol–water partition coefficient (Wildman–Crippen LogP) is 8.68. The minimum Gasteiger partial charge on any atom is -0.204 e. The molecule has 3 aliphatic carbocycles. The molecule has 0 nitrogen and oxygen atoms in total. The molecule has 3 fully saturated rings. The summed E-state index contributed by atoms with van der Waals surface area (Å²) in [6, 6.07) is 0. The van der Waals surface area contributed by atoms with Gasteiger partial charge in [-0.2, -0.15) is 0 Å². The van der Waals surface area contributed by atoms with Crippen molar-refractivity contribution in [2.24, 2.45) is 10.8 Å². The zero-order valence-electron chi connectivity index (χ0n) is 17.0. The van der Waals surface area contributed by atoms with Crippen LogP contribution < -0.4 is 0 Å². The molecule has 2 bridgehead atoms. The average Bonchev–Trinajstić information content (AvgIpc) is 2.85. The minimum absolute atomic E-state index is 0.295. The van der Waals surface area contributed by atoms with Gasteiger partial charge in [0.15, 0.2) is 34.9 Å². The van der Waals surface area contributed by atoms with Gasteiger partial charge in [-0.15, -0.1) is 0 Å². The van der Waals surface area contributed by atoms with Crippen LogP contribution in [0.4, 0.5) is 26.3 Å². The van der Waals surface area contributed by atoms with Crippen molar-refractivity contribution in [1.29, 1.82) is 0 Å². The molecule has 3 aliphatic rings. The molecule has 0 radical (unpaired) electrons. The van der Waals surface area contributed by atoms with Gasteiger partial charge in [-0.1, -0.05) is 23.7 Å². The molecule has 34 heavy (non-hydrogen) atoms. The van der Waals surface area contributed by atoms with Crippen molar-refractivity contribution in [3.63, 3.8) is 0 Å². The highest BCUT2D eigenvalue weighted by Crippen LogP contribution is 2.56. The van der Waals surface area contributed by atoms with Crippen molar-refractivity contribution in [2.75, 3.05) is 0 Å². The Bertz CT molecular complexity index is 1160. The molecule has 0 aliphatic heterocycles. The van der Waals surface area contributed by atoms with E-state index in [1.54, 1.807) is 0 Å². The first-order valence-corrected chi connectivity index (χ1v) is 14.3. The summed E-state index contributed by atoms with van der Waals surface area (Å²) in [6.45, 7) is 0. The summed E-state index contributed by atoms with van der Waals surface area (Å²) in [5.74, 6) is 5.50. The fourth-order valence-corrected chi connectivity index (χ4v) is 7.57. The van der Waals surface area contributed by atoms with E-state index in [1.165, 1.54) is 90.4 Å². The van der Waals surface area contributed by atoms with Gasteiger partial charge in [-0.3, -0.25) is 0 Å². The molecule has 0 spiro atoms. The van der Waals surface area contributed by atoms with Gasteiger partial charge in [0.1, 0.15) is 0 Å². The number of hydrogen-bond acceptors (Lipinski definition) is 0. The van der Waals surface area contributed by atoms with E-state index in [0.29, 0.717) is 38.5 Å². The molecular weight excluding hydrogens is 910 g/mol. The second kappa shape index (κ2) is 10.1. The van der Waals surface area contributed by atoms with E-state index in [0.717, 1.165) is 0 Å². The van der Waals surface area contributed by atoms with Crippen molar-refractivity contribution in [2.45, 2.75) is 38.5 Å². The van der Waals surface area contributed by atoms with Gasteiger partial charge in [0.2, 0.25) is 0 Å². The molecule has 0 heterocycles. The topological polar surface area (TPSA) is 0 Å². The van der Waals surface area contributed by atoms with Crippen LogP contribution in [0, 0.1) is 83.7 Å². The summed E-state index contributed by atoms with van der Waals surface area (Å²) >= 11 is 5.99. The lowest BCUT2D eigenvalue weighted by molar-refractivity contribution is 0.0718. The van der Waals surface area contributed by atoms with Crippen molar-refractivity contribution >= 4 is 90.4 Å². The SMILES string of the molecule is Fc1c(I)c(F)c(C#CC23CCC(C#Cc4c(F)c(I)c(F)c(I)c4F)(CC2)CC3)c(F)c1I. The maximum atomic E-state index is 14.5. The maximum absolute atomic E-state index is 14.5. The summed E-state index contributed by atoms with van der Waals surface area (Å²) in [6.07, 6.45) is 3.73. The highest BCUT2D eigenvalue weighted by Gasteiger charge is 2.47. The molecule has 5 rings (SSSR count). The standard InChI is InChI=1S/C24H12F6I4/c25-13-11(14(26)20(32)17(29)19(13)31)1-3-23-5-8-24(9-6-23,10-7-23)4-2-12-15(27)21(33)18(30)22(34)16(12)28/h5-10H2. The van der Waals surface area contributed by atoms with Gasteiger partial charge in [-0.25, -0.2) is 26.3 Å². The summed E-state index contributed by atoms with van der Waals surface area (Å²) < 4.78 is 84.5. The van der Waals surface area contributed by atoms with Crippen LogP contribution in [0.5, 0.6) is 0 Å². The lowest BCUT2D eigenvalue weighted by Crippen LogP contribution is -2.40. The number of benzene rings is 2. The minimum atomic E-state index is -1.00. The van der Waals surface area contributed by atoms with Crippen molar-refractivity contribution in [1.82, 2.24) is 0 Å². The first-order valence-electron chi connectivity index (χ1n) is 10.0. The lowest BCUT2D eigenvalue weighted by atomic mass is 9.54. The first-order chi connectivity index (χ1) is 15.9. The van der Waals surface area contributed by atoms with Crippen LogP contribution in [0.3, 0.4) is 0 Å². The van der Waals surface area contributed by atoms with E-state index in [-0.39, 0.29) is 14.3 Å². The first kappa shape index (κ1) is 27.1. The van der Waals surface area contributed by atoms with E-state index in [2.05, 4.69) is 23.7 Å². The van der Waals surface area contributed by atoms with E-state index >= 15 is 0 Å². The summed E-state index contributed by atoms with van der Waals surface area (Å²) in [7, 11) is 0. The Hall–Kier alpha value is 0.0600. The van der Waals surface area contributed by atoms with Gasteiger partial charge < -0.3 is 0 Å². The Morgan fingerprint density at radius 1 is 0.441 bits per heavy atom. The summed E-state index contributed by atoms with van der Waals surface area (Å²) in [4.78, 5) is 0. The highest BCUT2D eigenvalue weighted by molar-refractivity contribution is 14.1. The van der Waals surface area contributed by atoms with Crippen LogP contribution in [0.15, 0.2) is 0 Å². The quantitative estimate of drug-likeness (QED) is 0.0817. The van der Waals surface area contributed by atoms with Crippen LogP contribution >= 0.6 is 90.4 Å². The lowest BCUT2D eigenvalue weighted by Gasteiger charge is -2.48. The predicted molar refractivity (Wildman–Crippen MR) is 150 cm³/mol. The second-order valence-electron chi connectivity index (χ2n) is 8.45. The van der Waals surface area contributed by atoms with Crippen LogP contribution in [-0.2, 0) is 0 Å².